The molecule has 0 aliphatic carbocycles. The van der Waals surface area contributed by atoms with Gasteiger partial charge in [0.15, 0.2) is 0 Å². The van der Waals surface area contributed by atoms with Crippen LogP contribution >= 0.6 is 0 Å². The third kappa shape index (κ3) is 5.31. The molecule has 0 radical (unpaired) electrons. The summed E-state index contributed by atoms with van der Waals surface area (Å²) in [7, 11) is -2.29. The molecule has 9 heteroatoms. The summed E-state index contributed by atoms with van der Waals surface area (Å²) in [6.45, 7) is 0.473. The van der Waals surface area contributed by atoms with Crippen LogP contribution in [0, 0.1) is 5.82 Å². The number of halogens is 1. The second-order valence-corrected chi connectivity index (χ2v) is 8.68. The topological polar surface area (TPSA) is 79.0 Å². The lowest BCUT2D eigenvalue weighted by Gasteiger charge is -2.34. The second-order valence-electron chi connectivity index (χ2n) is 6.75. The molecule has 3 rings (SSSR count). The van der Waals surface area contributed by atoms with Crippen LogP contribution < -0.4 is 10.1 Å². The molecule has 0 saturated carbocycles. The summed E-state index contributed by atoms with van der Waals surface area (Å²) < 4.78 is 47.1. The van der Waals surface area contributed by atoms with Crippen molar-refractivity contribution in [2.75, 3.05) is 26.7 Å². The zero-order chi connectivity index (χ0) is 20.9. The first-order valence-electron chi connectivity index (χ1n) is 9.28. The number of amides is 1. The van der Waals surface area contributed by atoms with Gasteiger partial charge in [-0.05, 0) is 30.2 Å². The minimum absolute atomic E-state index is 0.0586. The SMILES string of the molecule is COc1cccc(CNC(=O)CN2CCCN(Cc3ccccc3F)S2(=O)=O)c1. The van der Waals surface area contributed by atoms with Gasteiger partial charge in [0.1, 0.15) is 11.6 Å². The minimum atomic E-state index is -3.85. The Morgan fingerprint density at radius 3 is 2.66 bits per heavy atom. The minimum Gasteiger partial charge on any atom is -0.497 e. The van der Waals surface area contributed by atoms with Crippen molar-refractivity contribution in [3.8, 4) is 5.75 Å². The molecule has 2 aromatic rings. The molecule has 1 amide bonds. The standard InChI is InChI=1S/C20H24FN3O4S/c1-28-18-8-4-6-16(12-18)13-22-20(25)15-24-11-5-10-23(29(24,26)27)14-17-7-2-3-9-19(17)21/h2-4,6-9,12H,5,10-11,13-15H2,1H3,(H,22,25). The molecule has 156 valence electrons. The van der Waals surface area contributed by atoms with E-state index in [-0.39, 0.29) is 26.2 Å². The van der Waals surface area contributed by atoms with Crippen molar-refractivity contribution in [3.05, 3.63) is 65.5 Å². The summed E-state index contributed by atoms with van der Waals surface area (Å²) in [5, 5.41) is 2.73. The number of methoxy groups -OCH3 is 1. The van der Waals surface area contributed by atoms with E-state index in [0.29, 0.717) is 24.3 Å². The lowest BCUT2D eigenvalue weighted by Crippen LogP contribution is -2.52. The van der Waals surface area contributed by atoms with E-state index in [1.165, 1.54) is 10.4 Å². The molecule has 0 aromatic heterocycles. The number of carbonyl (C=O) groups excluding carboxylic acids is 1. The molecule has 1 heterocycles. The predicted molar refractivity (Wildman–Crippen MR) is 107 cm³/mol. The summed E-state index contributed by atoms with van der Waals surface area (Å²) in [5.74, 6) is -0.167. The molecule has 2 aromatic carbocycles. The van der Waals surface area contributed by atoms with Crippen molar-refractivity contribution in [2.45, 2.75) is 19.5 Å². The largest absolute Gasteiger partial charge is 0.497 e. The Morgan fingerprint density at radius 1 is 1.14 bits per heavy atom. The average molecular weight is 421 g/mol. The highest BCUT2D eigenvalue weighted by Crippen LogP contribution is 2.20. The predicted octanol–water partition coefficient (Wildman–Crippen LogP) is 1.90. The Bertz CT molecular complexity index is 968. The quantitative estimate of drug-likeness (QED) is 0.741. The van der Waals surface area contributed by atoms with Crippen molar-refractivity contribution in [1.82, 2.24) is 13.9 Å². The maximum atomic E-state index is 13.9. The highest BCUT2D eigenvalue weighted by Gasteiger charge is 2.35. The Hall–Kier alpha value is -2.49. The van der Waals surface area contributed by atoms with Crippen LogP contribution in [-0.2, 0) is 28.1 Å². The summed E-state index contributed by atoms with van der Waals surface area (Å²) in [6, 6.07) is 13.3. The Balaban J connectivity index is 1.61. The van der Waals surface area contributed by atoms with Gasteiger partial charge in [0, 0.05) is 31.7 Å². The van der Waals surface area contributed by atoms with E-state index < -0.39 is 21.9 Å². The van der Waals surface area contributed by atoms with Crippen molar-refractivity contribution in [1.29, 1.82) is 0 Å². The van der Waals surface area contributed by atoms with E-state index in [4.69, 9.17) is 4.74 Å². The van der Waals surface area contributed by atoms with E-state index >= 15 is 0 Å². The molecule has 1 saturated heterocycles. The molecular formula is C20H24FN3O4S. The van der Waals surface area contributed by atoms with Gasteiger partial charge < -0.3 is 10.1 Å². The van der Waals surface area contributed by atoms with Crippen LogP contribution in [0.2, 0.25) is 0 Å². The number of nitrogens with zero attached hydrogens (tertiary/aromatic N) is 2. The monoisotopic (exact) mass is 421 g/mol. The molecule has 0 atom stereocenters. The smallest absolute Gasteiger partial charge is 0.282 e. The zero-order valence-corrected chi connectivity index (χ0v) is 17.0. The molecule has 1 N–H and O–H groups in total. The van der Waals surface area contributed by atoms with E-state index in [1.807, 2.05) is 12.1 Å². The first kappa shape index (κ1) is 21.2. The molecular weight excluding hydrogens is 397 g/mol. The molecule has 29 heavy (non-hydrogen) atoms. The number of hydrogen-bond donors (Lipinski definition) is 1. The molecule has 1 fully saturated rings. The fourth-order valence-electron chi connectivity index (χ4n) is 3.15. The fraction of sp³-hybridized carbons (Fsp3) is 0.350. The molecule has 0 bridgehead atoms. The molecule has 0 unspecified atom stereocenters. The third-order valence-corrected chi connectivity index (χ3v) is 6.64. The Kier molecular flexibility index (Phi) is 6.83. The fourth-order valence-corrected chi connectivity index (χ4v) is 4.78. The van der Waals surface area contributed by atoms with Crippen molar-refractivity contribution < 1.29 is 22.3 Å². The van der Waals surface area contributed by atoms with Crippen LogP contribution in [0.25, 0.3) is 0 Å². The second kappa shape index (κ2) is 9.34. The van der Waals surface area contributed by atoms with Crippen molar-refractivity contribution in [2.24, 2.45) is 0 Å². The summed E-state index contributed by atoms with van der Waals surface area (Å²) in [6.07, 6.45) is 0.566. The van der Waals surface area contributed by atoms with Crippen LogP contribution in [0.15, 0.2) is 48.5 Å². The van der Waals surface area contributed by atoms with Crippen molar-refractivity contribution >= 4 is 16.1 Å². The van der Waals surface area contributed by atoms with Gasteiger partial charge in [-0.3, -0.25) is 4.79 Å². The summed E-state index contributed by atoms with van der Waals surface area (Å²) in [5.41, 5.74) is 1.15. The highest BCUT2D eigenvalue weighted by atomic mass is 32.2. The van der Waals surface area contributed by atoms with Gasteiger partial charge in [-0.1, -0.05) is 30.3 Å². The van der Waals surface area contributed by atoms with Gasteiger partial charge in [0.05, 0.1) is 13.7 Å². The van der Waals surface area contributed by atoms with E-state index in [9.17, 15) is 17.6 Å². The zero-order valence-electron chi connectivity index (χ0n) is 16.2. The normalized spacial score (nSPS) is 17.0. The molecule has 1 aliphatic heterocycles. The maximum absolute atomic E-state index is 13.9. The number of benzene rings is 2. The molecule has 0 spiro atoms. The van der Waals surface area contributed by atoms with Crippen LogP contribution in [0.5, 0.6) is 5.75 Å². The lowest BCUT2D eigenvalue weighted by molar-refractivity contribution is -0.121. The van der Waals surface area contributed by atoms with Crippen molar-refractivity contribution in [3.63, 3.8) is 0 Å². The Morgan fingerprint density at radius 2 is 1.90 bits per heavy atom. The van der Waals surface area contributed by atoms with Gasteiger partial charge in [-0.15, -0.1) is 0 Å². The van der Waals surface area contributed by atoms with Gasteiger partial charge in [0.25, 0.3) is 10.2 Å². The van der Waals surface area contributed by atoms with Crippen LogP contribution in [-0.4, -0.2) is 49.7 Å². The Labute approximate surface area is 170 Å². The van der Waals surface area contributed by atoms with Gasteiger partial charge >= 0.3 is 0 Å². The number of carbonyl (C=O) groups is 1. The highest BCUT2D eigenvalue weighted by molar-refractivity contribution is 7.86. The summed E-state index contributed by atoms with van der Waals surface area (Å²) in [4.78, 5) is 12.3. The summed E-state index contributed by atoms with van der Waals surface area (Å²) >= 11 is 0. The van der Waals surface area contributed by atoms with Gasteiger partial charge in [-0.25, -0.2) is 4.39 Å². The molecule has 7 nitrogen and oxygen atoms in total. The third-order valence-electron chi connectivity index (χ3n) is 4.72. The lowest BCUT2D eigenvalue weighted by atomic mass is 10.2. The average Bonchev–Trinajstić information content (AvgIpc) is 2.71. The van der Waals surface area contributed by atoms with Gasteiger partial charge in [-0.2, -0.15) is 17.0 Å². The van der Waals surface area contributed by atoms with Gasteiger partial charge in [0.2, 0.25) is 5.91 Å². The van der Waals surface area contributed by atoms with Crippen LogP contribution in [0.1, 0.15) is 17.5 Å². The van der Waals surface area contributed by atoms with E-state index in [0.717, 1.165) is 9.87 Å². The molecule has 1 aliphatic rings. The number of rotatable bonds is 7. The van der Waals surface area contributed by atoms with E-state index in [1.54, 1.807) is 37.4 Å². The number of hydrogen-bond acceptors (Lipinski definition) is 4. The number of nitrogens with one attached hydrogen (secondary N) is 1. The van der Waals surface area contributed by atoms with Crippen LogP contribution in [0.4, 0.5) is 4.39 Å². The first-order valence-corrected chi connectivity index (χ1v) is 10.7. The van der Waals surface area contributed by atoms with E-state index in [2.05, 4.69) is 5.32 Å². The first-order chi connectivity index (χ1) is 13.9. The number of ether oxygens (including phenoxy) is 1. The maximum Gasteiger partial charge on any atom is 0.282 e. The van der Waals surface area contributed by atoms with Crippen LogP contribution in [0.3, 0.4) is 0 Å².